The quantitative estimate of drug-likeness (QED) is 0.745. The van der Waals surface area contributed by atoms with E-state index in [1.54, 1.807) is 12.1 Å². The summed E-state index contributed by atoms with van der Waals surface area (Å²) < 4.78 is 5.51. The summed E-state index contributed by atoms with van der Waals surface area (Å²) >= 11 is 5.95. The van der Waals surface area contributed by atoms with Crippen LogP contribution in [-0.4, -0.2) is 36.4 Å². The number of nitrogens with one attached hydrogen (secondary N) is 2. The van der Waals surface area contributed by atoms with Crippen molar-refractivity contribution in [1.82, 2.24) is 10.6 Å². The molecule has 23 heavy (non-hydrogen) atoms. The number of ether oxygens (including phenoxy) is 1. The Balaban J connectivity index is 1.64. The summed E-state index contributed by atoms with van der Waals surface area (Å²) in [6.45, 7) is 2.17. The molecule has 2 rings (SSSR count). The van der Waals surface area contributed by atoms with Gasteiger partial charge in [-0.15, -0.1) is 0 Å². The van der Waals surface area contributed by atoms with Crippen molar-refractivity contribution in [3.05, 3.63) is 28.8 Å². The van der Waals surface area contributed by atoms with Gasteiger partial charge in [-0.1, -0.05) is 30.9 Å². The molecular weight excluding hydrogens is 316 g/mol. The van der Waals surface area contributed by atoms with E-state index in [2.05, 4.69) is 10.6 Å². The molecule has 128 valence electrons. The molecule has 0 unspecified atom stereocenters. The van der Waals surface area contributed by atoms with Crippen molar-refractivity contribution in [2.24, 2.45) is 0 Å². The number of carbonyl (C=O) groups excluding carboxylic acids is 1. The van der Waals surface area contributed by atoms with Crippen LogP contribution < -0.4 is 15.4 Å². The highest BCUT2D eigenvalue weighted by Crippen LogP contribution is 2.21. The fourth-order valence-corrected chi connectivity index (χ4v) is 2.77. The molecule has 0 saturated heterocycles. The number of hydrogen-bond donors (Lipinski definition) is 3. The molecule has 3 N–H and O–H groups in total. The van der Waals surface area contributed by atoms with E-state index in [1.165, 1.54) is 19.3 Å². The number of benzene rings is 1. The fraction of sp³-hybridized carbons (Fsp3) is 0.588. The van der Waals surface area contributed by atoms with Crippen molar-refractivity contribution in [1.29, 1.82) is 0 Å². The molecule has 1 aliphatic carbocycles. The van der Waals surface area contributed by atoms with Gasteiger partial charge in [0.05, 0.1) is 0 Å². The molecule has 0 aromatic heterocycles. The summed E-state index contributed by atoms with van der Waals surface area (Å²) in [6.07, 6.45) is 4.90. The second-order valence-corrected chi connectivity index (χ2v) is 6.47. The minimum Gasteiger partial charge on any atom is -0.491 e. The van der Waals surface area contributed by atoms with Crippen LogP contribution >= 0.6 is 11.6 Å². The zero-order valence-electron chi connectivity index (χ0n) is 13.5. The third-order valence-corrected chi connectivity index (χ3v) is 4.43. The molecule has 1 saturated carbocycles. The largest absolute Gasteiger partial charge is 0.491 e. The highest BCUT2D eigenvalue weighted by atomic mass is 35.5. The van der Waals surface area contributed by atoms with Crippen LogP contribution in [0.15, 0.2) is 18.2 Å². The number of aliphatic hydroxyl groups is 1. The lowest BCUT2D eigenvalue weighted by molar-refractivity contribution is 0.107. The average Bonchev–Trinajstić information content (AvgIpc) is 2.55. The third-order valence-electron chi connectivity index (χ3n) is 4.01. The summed E-state index contributed by atoms with van der Waals surface area (Å²) in [4.78, 5) is 11.8. The third kappa shape index (κ3) is 6.28. The summed E-state index contributed by atoms with van der Waals surface area (Å²) in [5, 5.41) is 16.2. The van der Waals surface area contributed by atoms with Crippen molar-refractivity contribution in [3.63, 3.8) is 0 Å². The SMILES string of the molecule is Cc1cc(OC[C@@H](O)CNC(=O)NC2CCCCC2)ccc1Cl. The van der Waals surface area contributed by atoms with E-state index in [0.29, 0.717) is 10.8 Å². The monoisotopic (exact) mass is 340 g/mol. The minimum absolute atomic E-state index is 0.116. The van der Waals surface area contributed by atoms with Gasteiger partial charge in [0.1, 0.15) is 18.5 Å². The first kappa shape index (κ1) is 17.9. The van der Waals surface area contributed by atoms with Gasteiger partial charge >= 0.3 is 6.03 Å². The van der Waals surface area contributed by atoms with Crippen molar-refractivity contribution < 1.29 is 14.6 Å². The van der Waals surface area contributed by atoms with Gasteiger partial charge in [0.15, 0.2) is 0 Å². The fourth-order valence-electron chi connectivity index (χ4n) is 2.65. The second kappa shape index (κ2) is 8.99. The van der Waals surface area contributed by atoms with Gasteiger partial charge in [0, 0.05) is 17.6 Å². The molecule has 0 spiro atoms. The van der Waals surface area contributed by atoms with Crippen molar-refractivity contribution in [2.45, 2.75) is 51.2 Å². The molecule has 6 heteroatoms. The molecule has 1 aromatic rings. The molecule has 2 amide bonds. The number of rotatable bonds is 6. The maximum Gasteiger partial charge on any atom is 0.315 e. The van der Waals surface area contributed by atoms with Gasteiger partial charge < -0.3 is 20.5 Å². The Hall–Kier alpha value is -1.46. The first-order valence-corrected chi connectivity index (χ1v) is 8.54. The van der Waals surface area contributed by atoms with Crippen LogP contribution in [0.4, 0.5) is 4.79 Å². The van der Waals surface area contributed by atoms with E-state index < -0.39 is 6.10 Å². The molecule has 0 aliphatic heterocycles. The lowest BCUT2D eigenvalue weighted by atomic mass is 9.96. The van der Waals surface area contributed by atoms with Gasteiger partial charge in [-0.25, -0.2) is 4.79 Å². The molecule has 1 fully saturated rings. The highest BCUT2D eigenvalue weighted by Gasteiger charge is 2.16. The Morgan fingerprint density at radius 2 is 2.13 bits per heavy atom. The number of aryl methyl sites for hydroxylation is 1. The van der Waals surface area contributed by atoms with E-state index in [4.69, 9.17) is 16.3 Å². The summed E-state index contributed by atoms with van der Waals surface area (Å²) in [5.41, 5.74) is 0.920. The van der Waals surface area contributed by atoms with Crippen LogP contribution in [0.5, 0.6) is 5.75 Å². The van der Waals surface area contributed by atoms with Crippen LogP contribution in [0.25, 0.3) is 0 Å². The zero-order valence-corrected chi connectivity index (χ0v) is 14.2. The topological polar surface area (TPSA) is 70.6 Å². The predicted molar refractivity (Wildman–Crippen MR) is 91.1 cm³/mol. The lowest BCUT2D eigenvalue weighted by Gasteiger charge is -2.23. The highest BCUT2D eigenvalue weighted by molar-refractivity contribution is 6.31. The molecule has 5 nitrogen and oxygen atoms in total. The van der Waals surface area contributed by atoms with Gasteiger partial charge in [-0.3, -0.25) is 0 Å². The van der Waals surface area contributed by atoms with Crippen LogP contribution in [0.3, 0.4) is 0 Å². The molecule has 0 heterocycles. The number of urea groups is 1. The van der Waals surface area contributed by atoms with E-state index in [-0.39, 0.29) is 25.2 Å². The van der Waals surface area contributed by atoms with Crippen LogP contribution in [-0.2, 0) is 0 Å². The van der Waals surface area contributed by atoms with E-state index in [9.17, 15) is 9.90 Å². The molecular formula is C17H25ClN2O3. The predicted octanol–water partition coefficient (Wildman–Crippen LogP) is 3.02. The van der Waals surface area contributed by atoms with Crippen LogP contribution in [0.1, 0.15) is 37.7 Å². The van der Waals surface area contributed by atoms with Gasteiger partial charge in [-0.05, 0) is 43.5 Å². The Labute approximate surface area is 142 Å². The van der Waals surface area contributed by atoms with Gasteiger partial charge in [-0.2, -0.15) is 0 Å². The smallest absolute Gasteiger partial charge is 0.315 e. The molecule has 1 atom stereocenters. The average molecular weight is 341 g/mol. The molecule has 0 radical (unpaired) electrons. The van der Waals surface area contributed by atoms with E-state index in [0.717, 1.165) is 18.4 Å². The summed E-state index contributed by atoms with van der Waals surface area (Å²) in [7, 11) is 0. The van der Waals surface area contributed by atoms with Crippen molar-refractivity contribution in [3.8, 4) is 5.75 Å². The maximum atomic E-state index is 11.8. The van der Waals surface area contributed by atoms with Crippen molar-refractivity contribution >= 4 is 17.6 Å². The van der Waals surface area contributed by atoms with Gasteiger partial charge in [0.2, 0.25) is 0 Å². The second-order valence-electron chi connectivity index (χ2n) is 6.07. The maximum absolute atomic E-state index is 11.8. The number of amides is 2. The zero-order chi connectivity index (χ0) is 16.7. The molecule has 0 bridgehead atoms. The Bertz CT molecular complexity index is 519. The minimum atomic E-state index is -0.761. The van der Waals surface area contributed by atoms with E-state index in [1.807, 2.05) is 13.0 Å². The van der Waals surface area contributed by atoms with Gasteiger partial charge in [0.25, 0.3) is 0 Å². The molecule has 1 aliphatic rings. The Morgan fingerprint density at radius 3 is 2.83 bits per heavy atom. The number of aliphatic hydroxyl groups excluding tert-OH is 1. The molecule has 1 aromatic carbocycles. The number of halogens is 1. The number of carbonyl (C=O) groups is 1. The summed E-state index contributed by atoms with van der Waals surface area (Å²) in [5.74, 6) is 0.651. The lowest BCUT2D eigenvalue weighted by Crippen LogP contribution is -2.45. The normalized spacial score (nSPS) is 16.7. The first-order valence-electron chi connectivity index (χ1n) is 8.16. The first-order chi connectivity index (χ1) is 11.0. The standard InChI is InChI=1S/C17H25ClN2O3/c1-12-9-15(7-8-16(12)18)23-11-14(21)10-19-17(22)20-13-5-3-2-4-6-13/h7-9,13-14,21H,2-6,10-11H2,1H3,(H2,19,20,22)/t14-/m0/s1. The van der Waals surface area contributed by atoms with Crippen LogP contribution in [0, 0.1) is 6.92 Å². The van der Waals surface area contributed by atoms with Crippen molar-refractivity contribution in [2.75, 3.05) is 13.2 Å². The Morgan fingerprint density at radius 1 is 1.39 bits per heavy atom. The summed E-state index contributed by atoms with van der Waals surface area (Å²) in [6, 6.07) is 5.37. The van der Waals surface area contributed by atoms with E-state index >= 15 is 0 Å². The van der Waals surface area contributed by atoms with Crippen LogP contribution in [0.2, 0.25) is 5.02 Å². The number of hydrogen-bond acceptors (Lipinski definition) is 3. The Kier molecular flexibility index (Phi) is 6.99.